The van der Waals surface area contributed by atoms with Crippen molar-refractivity contribution in [1.82, 2.24) is 4.98 Å². The second-order valence-electron chi connectivity index (χ2n) is 4.39. The van der Waals surface area contributed by atoms with Gasteiger partial charge in [-0.05, 0) is 18.1 Å². The molecule has 0 amide bonds. The molecule has 0 aromatic carbocycles. The lowest BCUT2D eigenvalue weighted by molar-refractivity contribution is -0.143. The van der Waals surface area contributed by atoms with Crippen molar-refractivity contribution in [1.29, 1.82) is 0 Å². The third kappa shape index (κ3) is 3.44. The molecule has 5 nitrogen and oxygen atoms in total. The minimum atomic E-state index is -0.213. The third-order valence-corrected chi connectivity index (χ3v) is 3.12. The Labute approximate surface area is 118 Å². The van der Waals surface area contributed by atoms with Crippen molar-refractivity contribution in [2.24, 2.45) is 4.99 Å². The van der Waals surface area contributed by atoms with Gasteiger partial charge in [0.15, 0.2) is 0 Å². The van der Waals surface area contributed by atoms with Crippen molar-refractivity contribution in [3.05, 3.63) is 35.5 Å². The Morgan fingerprint density at radius 3 is 2.85 bits per heavy atom. The van der Waals surface area contributed by atoms with Gasteiger partial charge in [0, 0.05) is 24.4 Å². The van der Waals surface area contributed by atoms with Crippen molar-refractivity contribution in [2.45, 2.75) is 19.3 Å². The van der Waals surface area contributed by atoms with Gasteiger partial charge in [0.05, 0.1) is 26.7 Å². The fraction of sp³-hybridized carbons (Fsp3) is 0.400. The maximum Gasteiger partial charge on any atom is 0.306 e. The van der Waals surface area contributed by atoms with Crippen LogP contribution in [0.25, 0.3) is 0 Å². The van der Waals surface area contributed by atoms with E-state index in [1.165, 1.54) is 0 Å². The molecule has 1 aromatic heterocycles. The highest BCUT2D eigenvalue weighted by Gasteiger charge is 2.22. The highest BCUT2D eigenvalue weighted by molar-refractivity contribution is 5.85. The Hall–Kier alpha value is -2.17. The molecule has 1 aliphatic rings. The first-order chi connectivity index (χ1) is 9.74. The monoisotopic (exact) mass is 274 g/mol. The van der Waals surface area contributed by atoms with Crippen LogP contribution in [-0.4, -0.2) is 37.4 Å². The van der Waals surface area contributed by atoms with E-state index < -0.39 is 0 Å². The average molecular weight is 274 g/mol. The van der Waals surface area contributed by atoms with Gasteiger partial charge in [-0.1, -0.05) is 12.1 Å². The van der Waals surface area contributed by atoms with E-state index in [2.05, 4.69) is 9.98 Å². The van der Waals surface area contributed by atoms with E-state index in [1.807, 2.05) is 18.4 Å². The van der Waals surface area contributed by atoms with E-state index in [4.69, 9.17) is 9.47 Å². The molecule has 2 heterocycles. The van der Waals surface area contributed by atoms with E-state index in [0.29, 0.717) is 25.5 Å². The SMILES string of the molecule is CCOC(=O)CC(C1=CCN=C1)c1ccc(OC)nc1. The number of methoxy groups -OCH3 is 1. The molecule has 20 heavy (non-hydrogen) atoms. The maximum atomic E-state index is 11.8. The zero-order valence-electron chi connectivity index (χ0n) is 11.7. The normalized spacial score (nSPS) is 14.8. The first kappa shape index (κ1) is 14.2. The highest BCUT2D eigenvalue weighted by atomic mass is 16.5. The lowest BCUT2D eigenvalue weighted by Gasteiger charge is -2.16. The summed E-state index contributed by atoms with van der Waals surface area (Å²) in [5.41, 5.74) is 1.99. The Bertz CT molecular complexity index is 520. The van der Waals surface area contributed by atoms with Crippen LogP contribution in [0.15, 0.2) is 35.0 Å². The second-order valence-corrected chi connectivity index (χ2v) is 4.39. The summed E-state index contributed by atoms with van der Waals surface area (Å²) >= 11 is 0. The summed E-state index contributed by atoms with van der Waals surface area (Å²) in [6, 6.07) is 3.71. The Kier molecular flexibility index (Phi) is 4.87. The number of hydrogen-bond acceptors (Lipinski definition) is 5. The zero-order valence-corrected chi connectivity index (χ0v) is 11.7. The summed E-state index contributed by atoms with van der Waals surface area (Å²) in [4.78, 5) is 20.1. The number of aliphatic imine (C=N–C) groups is 1. The van der Waals surface area contributed by atoms with Gasteiger partial charge in [-0.25, -0.2) is 4.98 Å². The summed E-state index contributed by atoms with van der Waals surface area (Å²) in [6.45, 7) is 2.86. The van der Waals surface area contributed by atoms with Crippen LogP contribution in [0.2, 0.25) is 0 Å². The summed E-state index contributed by atoms with van der Waals surface area (Å²) < 4.78 is 10.1. The van der Waals surface area contributed by atoms with Gasteiger partial charge in [0.25, 0.3) is 0 Å². The number of pyridine rings is 1. The van der Waals surface area contributed by atoms with Crippen LogP contribution >= 0.6 is 0 Å². The number of nitrogens with zero attached hydrogens (tertiary/aromatic N) is 2. The lowest BCUT2D eigenvalue weighted by Crippen LogP contribution is -2.13. The van der Waals surface area contributed by atoms with Crippen LogP contribution in [0.4, 0.5) is 0 Å². The van der Waals surface area contributed by atoms with E-state index >= 15 is 0 Å². The molecule has 0 N–H and O–H groups in total. The van der Waals surface area contributed by atoms with E-state index in [9.17, 15) is 4.79 Å². The largest absolute Gasteiger partial charge is 0.481 e. The van der Waals surface area contributed by atoms with Crippen molar-refractivity contribution >= 4 is 12.2 Å². The van der Waals surface area contributed by atoms with E-state index in [-0.39, 0.29) is 11.9 Å². The lowest BCUT2D eigenvalue weighted by atomic mass is 9.90. The molecule has 0 spiro atoms. The summed E-state index contributed by atoms with van der Waals surface area (Å²) in [5.74, 6) is 0.269. The maximum absolute atomic E-state index is 11.8. The molecular formula is C15H18N2O3. The minimum absolute atomic E-state index is 0.0706. The van der Waals surface area contributed by atoms with Gasteiger partial charge in [-0.2, -0.15) is 0 Å². The molecule has 2 rings (SSSR count). The summed E-state index contributed by atoms with van der Waals surface area (Å²) in [6.07, 6.45) is 5.86. The van der Waals surface area contributed by atoms with Crippen molar-refractivity contribution in [2.75, 3.05) is 20.3 Å². The average Bonchev–Trinajstić information content (AvgIpc) is 2.99. The van der Waals surface area contributed by atoms with E-state index in [0.717, 1.165) is 11.1 Å². The molecule has 0 saturated heterocycles. The van der Waals surface area contributed by atoms with Gasteiger partial charge in [0.1, 0.15) is 0 Å². The van der Waals surface area contributed by atoms with Crippen molar-refractivity contribution < 1.29 is 14.3 Å². The molecule has 0 radical (unpaired) electrons. The smallest absolute Gasteiger partial charge is 0.306 e. The fourth-order valence-electron chi connectivity index (χ4n) is 2.13. The molecule has 0 bridgehead atoms. The highest BCUT2D eigenvalue weighted by Crippen LogP contribution is 2.29. The van der Waals surface area contributed by atoms with Gasteiger partial charge < -0.3 is 9.47 Å². The molecule has 0 fully saturated rings. The molecule has 0 saturated carbocycles. The fourth-order valence-corrected chi connectivity index (χ4v) is 2.13. The van der Waals surface area contributed by atoms with Gasteiger partial charge in [-0.3, -0.25) is 9.79 Å². The third-order valence-electron chi connectivity index (χ3n) is 3.12. The first-order valence-corrected chi connectivity index (χ1v) is 6.60. The molecule has 1 aromatic rings. The first-order valence-electron chi connectivity index (χ1n) is 6.60. The van der Waals surface area contributed by atoms with Crippen molar-refractivity contribution in [3.63, 3.8) is 0 Å². The summed E-state index contributed by atoms with van der Waals surface area (Å²) in [7, 11) is 1.57. The van der Waals surface area contributed by atoms with E-state index in [1.54, 1.807) is 26.3 Å². The van der Waals surface area contributed by atoms with Gasteiger partial charge in [-0.15, -0.1) is 0 Å². The standard InChI is InChI=1S/C15H18N2O3/c1-3-20-15(18)8-13(12-6-7-16-9-12)11-4-5-14(19-2)17-10-11/h4-6,9-10,13H,3,7-8H2,1-2H3. The molecule has 1 unspecified atom stereocenters. The summed E-state index contributed by atoms with van der Waals surface area (Å²) in [5, 5.41) is 0. The zero-order chi connectivity index (χ0) is 14.4. The van der Waals surface area contributed by atoms with Crippen LogP contribution in [-0.2, 0) is 9.53 Å². The quantitative estimate of drug-likeness (QED) is 0.746. The number of hydrogen-bond donors (Lipinski definition) is 0. The predicted octanol–water partition coefficient (Wildman–Crippen LogP) is 2.14. The van der Waals surface area contributed by atoms with Crippen LogP contribution in [0, 0.1) is 0 Å². The number of carbonyl (C=O) groups is 1. The molecule has 1 atom stereocenters. The number of esters is 1. The predicted molar refractivity (Wildman–Crippen MR) is 76.2 cm³/mol. The number of carbonyl (C=O) groups excluding carboxylic acids is 1. The van der Waals surface area contributed by atoms with Crippen LogP contribution < -0.4 is 4.74 Å². The van der Waals surface area contributed by atoms with Gasteiger partial charge in [0.2, 0.25) is 5.88 Å². The number of rotatable bonds is 6. The Morgan fingerprint density at radius 2 is 2.30 bits per heavy atom. The topological polar surface area (TPSA) is 60.8 Å². The van der Waals surface area contributed by atoms with Crippen molar-refractivity contribution in [3.8, 4) is 5.88 Å². The second kappa shape index (κ2) is 6.84. The minimum Gasteiger partial charge on any atom is -0.481 e. The Morgan fingerprint density at radius 1 is 1.45 bits per heavy atom. The molecule has 106 valence electrons. The van der Waals surface area contributed by atoms with Crippen LogP contribution in [0.5, 0.6) is 5.88 Å². The number of aromatic nitrogens is 1. The molecule has 0 aliphatic carbocycles. The molecular weight excluding hydrogens is 256 g/mol. The van der Waals surface area contributed by atoms with Gasteiger partial charge >= 0.3 is 5.97 Å². The van der Waals surface area contributed by atoms with Crippen LogP contribution in [0.1, 0.15) is 24.8 Å². The number of ether oxygens (including phenoxy) is 2. The molecule has 5 heteroatoms. The molecule has 1 aliphatic heterocycles. The number of allylic oxidation sites excluding steroid dienone is 1. The van der Waals surface area contributed by atoms with Crippen LogP contribution in [0.3, 0.4) is 0 Å². The Balaban J connectivity index is 2.20.